The SMILES string of the molecule is CC(C)(C)[C@H](NC(=O)C1(N2CCC2=O)CCCCC1)[C@H](Oc1ccc(Cl)cc1)n1cncn1. The number of carbonyl (C=O) groups is 2. The molecule has 8 nitrogen and oxygen atoms in total. The molecule has 1 saturated heterocycles. The first-order valence-corrected chi connectivity index (χ1v) is 12.0. The zero-order valence-corrected chi connectivity index (χ0v) is 20.2. The summed E-state index contributed by atoms with van der Waals surface area (Å²) in [6.07, 6.45) is 7.23. The maximum Gasteiger partial charge on any atom is 0.246 e. The fourth-order valence-corrected chi connectivity index (χ4v) is 4.92. The first kappa shape index (κ1) is 23.5. The second-order valence-electron chi connectivity index (χ2n) is 10.0. The lowest BCUT2D eigenvalue weighted by atomic mass is 9.76. The van der Waals surface area contributed by atoms with Gasteiger partial charge in [0.05, 0.1) is 6.04 Å². The molecule has 1 aromatic heterocycles. The molecule has 33 heavy (non-hydrogen) atoms. The minimum atomic E-state index is -0.787. The predicted octanol–water partition coefficient (Wildman–Crippen LogP) is 3.98. The highest BCUT2D eigenvalue weighted by molar-refractivity contribution is 6.30. The van der Waals surface area contributed by atoms with Gasteiger partial charge in [0.1, 0.15) is 23.9 Å². The van der Waals surface area contributed by atoms with Gasteiger partial charge < -0.3 is 15.0 Å². The Morgan fingerprint density at radius 1 is 1.18 bits per heavy atom. The van der Waals surface area contributed by atoms with Gasteiger partial charge >= 0.3 is 0 Å². The lowest BCUT2D eigenvalue weighted by Gasteiger charge is -2.50. The highest BCUT2D eigenvalue weighted by Crippen LogP contribution is 2.39. The molecule has 2 aliphatic rings. The van der Waals surface area contributed by atoms with E-state index in [1.54, 1.807) is 40.2 Å². The van der Waals surface area contributed by atoms with Crippen LogP contribution >= 0.6 is 11.6 Å². The minimum absolute atomic E-state index is 0.0598. The van der Waals surface area contributed by atoms with Gasteiger partial charge in [-0.15, -0.1) is 0 Å². The Kier molecular flexibility index (Phi) is 6.66. The summed E-state index contributed by atoms with van der Waals surface area (Å²) >= 11 is 6.04. The fraction of sp³-hybridized carbons (Fsp3) is 0.583. The van der Waals surface area contributed by atoms with Crippen LogP contribution in [0, 0.1) is 5.41 Å². The van der Waals surface area contributed by atoms with Crippen LogP contribution in [0.3, 0.4) is 0 Å². The van der Waals surface area contributed by atoms with E-state index < -0.39 is 17.8 Å². The monoisotopic (exact) mass is 473 g/mol. The van der Waals surface area contributed by atoms with Crippen LogP contribution in [0.15, 0.2) is 36.9 Å². The number of ether oxygens (including phenoxy) is 1. The molecule has 178 valence electrons. The molecule has 2 aromatic rings. The molecule has 1 aliphatic heterocycles. The molecule has 4 rings (SSSR count). The molecule has 2 atom stereocenters. The van der Waals surface area contributed by atoms with Gasteiger partial charge in [-0.1, -0.05) is 51.6 Å². The molecule has 0 bridgehead atoms. The number of halogens is 1. The van der Waals surface area contributed by atoms with E-state index in [-0.39, 0.29) is 17.2 Å². The normalized spacial score (nSPS) is 20.0. The molecule has 0 spiro atoms. The van der Waals surface area contributed by atoms with Crippen molar-refractivity contribution in [2.45, 2.75) is 77.1 Å². The number of aromatic nitrogens is 3. The van der Waals surface area contributed by atoms with Crippen molar-refractivity contribution < 1.29 is 14.3 Å². The lowest BCUT2D eigenvalue weighted by Crippen LogP contribution is -2.68. The van der Waals surface area contributed by atoms with Crippen molar-refractivity contribution in [3.63, 3.8) is 0 Å². The third-order valence-electron chi connectivity index (χ3n) is 6.74. The molecule has 2 amide bonds. The quantitative estimate of drug-likeness (QED) is 0.614. The van der Waals surface area contributed by atoms with Crippen LogP contribution in [-0.2, 0) is 9.59 Å². The molecule has 1 N–H and O–H groups in total. The number of likely N-dealkylation sites (tertiary alicyclic amines) is 1. The molecule has 1 aliphatic carbocycles. The van der Waals surface area contributed by atoms with Crippen LogP contribution in [-0.4, -0.2) is 49.6 Å². The van der Waals surface area contributed by atoms with Gasteiger partial charge in [-0.2, -0.15) is 5.10 Å². The van der Waals surface area contributed by atoms with Gasteiger partial charge in [0.2, 0.25) is 18.0 Å². The van der Waals surface area contributed by atoms with Crippen molar-refractivity contribution in [2.24, 2.45) is 5.41 Å². The summed E-state index contributed by atoms with van der Waals surface area (Å²) in [5.41, 5.74) is -1.17. The highest BCUT2D eigenvalue weighted by Gasteiger charge is 2.51. The third-order valence-corrected chi connectivity index (χ3v) is 6.99. The van der Waals surface area contributed by atoms with E-state index in [1.807, 2.05) is 0 Å². The van der Waals surface area contributed by atoms with Crippen LogP contribution in [0.5, 0.6) is 5.75 Å². The summed E-state index contributed by atoms with van der Waals surface area (Å²) < 4.78 is 7.97. The number of nitrogens with zero attached hydrogens (tertiary/aromatic N) is 4. The number of amides is 2. The molecule has 1 aromatic carbocycles. The molecule has 0 unspecified atom stereocenters. The van der Waals surface area contributed by atoms with Crippen molar-refractivity contribution in [1.82, 2.24) is 25.0 Å². The smallest absolute Gasteiger partial charge is 0.246 e. The van der Waals surface area contributed by atoms with Crippen LogP contribution in [0.4, 0.5) is 0 Å². The summed E-state index contributed by atoms with van der Waals surface area (Å²) in [6, 6.07) is 6.64. The number of hydrogen-bond acceptors (Lipinski definition) is 5. The molecule has 9 heteroatoms. The van der Waals surface area contributed by atoms with Crippen LogP contribution in [0.1, 0.15) is 65.5 Å². The summed E-state index contributed by atoms with van der Waals surface area (Å²) in [6.45, 7) is 6.79. The van der Waals surface area contributed by atoms with E-state index in [2.05, 4.69) is 36.2 Å². The minimum Gasteiger partial charge on any atom is -0.466 e. The second-order valence-corrected chi connectivity index (χ2v) is 10.5. The molecule has 1 saturated carbocycles. The summed E-state index contributed by atoms with van der Waals surface area (Å²) in [5, 5.41) is 8.21. The Balaban J connectivity index is 1.65. The topological polar surface area (TPSA) is 89.4 Å². The average Bonchev–Trinajstić information content (AvgIpc) is 3.31. The van der Waals surface area contributed by atoms with Gasteiger partial charge in [-0.3, -0.25) is 9.59 Å². The number of nitrogens with one attached hydrogen (secondary N) is 1. The first-order chi connectivity index (χ1) is 15.7. The third kappa shape index (κ3) is 4.86. The van der Waals surface area contributed by atoms with Crippen molar-refractivity contribution >= 4 is 23.4 Å². The standard InChI is InChI=1S/C24H32ClN5O3/c1-23(2,3)20(21(30-16-26-15-27-30)33-18-9-7-17(25)8-10-18)28-22(32)24(12-5-4-6-13-24)29-14-11-19(29)31/h7-10,15-16,20-21H,4-6,11-14H2,1-3H3,(H,28,32)/t20-,21+/m1/s1. The zero-order chi connectivity index (χ0) is 23.6. The Morgan fingerprint density at radius 3 is 2.39 bits per heavy atom. The Bertz CT molecular complexity index is 965. The number of β-lactam (4-membered cyclic amide) rings is 1. The van der Waals surface area contributed by atoms with E-state index in [4.69, 9.17) is 16.3 Å². The Labute approximate surface area is 199 Å². The summed E-state index contributed by atoms with van der Waals surface area (Å²) in [7, 11) is 0. The summed E-state index contributed by atoms with van der Waals surface area (Å²) in [5.74, 6) is 0.554. The summed E-state index contributed by atoms with van der Waals surface area (Å²) in [4.78, 5) is 32.2. The van der Waals surface area contributed by atoms with Crippen molar-refractivity contribution in [3.05, 3.63) is 41.9 Å². The molecular formula is C24H32ClN5O3. The number of carbonyl (C=O) groups excluding carboxylic acids is 2. The fourth-order valence-electron chi connectivity index (χ4n) is 4.79. The predicted molar refractivity (Wildman–Crippen MR) is 125 cm³/mol. The highest BCUT2D eigenvalue weighted by atomic mass is 35.5. The van der Waals surface area contributed by atoms with E-state index >= 15 is 0 Å². The van der Waals surface area contributed by atoms with Crippen molar-refractivity contribution in [1.29, 1.82) is 0 Å². The van der Waals surface area contributed by atoms with Crippen LogP contribution < -0.4 is 10.1 Å². The Hall–Kier alpha value is -2.61. The van der Waals surface area contributed by atoms with E-state index in [1.165, 1.54) is 6.33 Å². The molecule has 2 heterocycles. The number of hydrogen-bond donors (Lipinski definition) is 1. The van der Waals surface area contributed by atoms with Gasteiger partial charge in [0, 0.05) is 18.0 Å². The first-order valence-electron chi connectivity index (χ1n) is 11.6. The Morgan fingerprint density at radius 2 is 1.88 bits per heavy atom. The molecular weight excluding hydrogens is 442 g/mol. The average molecular weight is 474 g/mol. The van der Waals surface area contributed by atoms with E-state index in [9.17, 15) is 9.59 Å². The zero-order valence-electron chi connectivity index (χ0n) is 19.5. The molecule has 0 radical (unpaired) electrons. The van der Waals surface area contributed by atoms with Gasteiger partial charge in [0.15, 0.2) is 0 Å². The van der Waals surface area contributed by atoms with Crippen LogP contribution in [0.25, 0.3) is 0 Å². The van der Waals surface area contributed by atoms with Gasteiger partial charge in [0.25, 0.3) is 0 Å². The van der Waals surface area contributed by atoms with Gasteiger partial charge in [-0.05, 0) is 42.5 Å². The molecule has 2 fully saturated rings. The number of rotatable bonds is 7. The number of benzene rings is 1. The lowest BCUT2D eigenvalue weighted by molar-refractivity contribution is -0.161. The maximum absolute atomic E-state index is 13.9. The second kappa shape index (κ2) is 9.33. The maximum atomic E-state index is 13.9. The van der Waals surface area contributed by atoms with Crippen molar-refractivity contribution in [3.8, 4) is 5.75 Å². The van der Waals surface area contributed by atoms with E-state index in [0.29, 0.717) is 36.6 Å². The van der Waals surface area contributed by atoms with Gasteiger partial charge in [-0.25, -0.2) is 9.67 Å². The van der Waals surface area contributed by atoms with Crippen LogP contribution in [0.2, 0.25) is 5.02 Å². The largest absolute Gasteiger partial charge is 0.466 e. The van der Waals surface area contributed by atoms with Crippen molar-refractivity contribution in [2.75, 3.05) is 6.54 Å². The van der Waals surface area contributed by atoms with E-state index in [0.717, 1.165) is 19.3 Å².